The molecule has 0 fully saturated rings. The largest absolute Gasteiger partial charge is 0.463 e. The molecule has 0 saturated carbocycles. The van der Waals surface area contributed by atoms with Crippen LogP contribution in [0.1, 0.15) is 16.3 Å². The number of methoxy groups -OCH3 is 1. The summed E-state index contributed by atoms with van der Waals surface area (Å²) in [6.07, 6.45) is 0. The van der Waals surface area contributed by atoms with Crippen molar-refractivity contribution in [3.63, 3.8) is 0 Å². The molecule has 0 aliphatic heterocycles. The number of hydrogen-bond donors (Lipinski definition) is 0. The van der Waals surface area contributed by atoms with Crippen LogP contribution in [0.4, 0.5) is 0 Å². The summed E-state index contributed by atoms with van der Waals surface area (Å²) in [5.41, 5.74) is 0. The standard InChI is InChI=1S/C9H13NO3.CH3I/c1-10(2)6-7-4-5-8(13-7)9(11)12-3;1-2/h4-5H,6H2,1-3H3;1H3. The molecule has 0 atom stereocenters. The van der Waals surface area contributed by atoms with Gasteiger partial charge >= 0.3 is 5.97 Å². The van der Waals surface area contributed by atoms with Crippen LogP contribution in [0.3, 0.4) is 0 Å². The van der Waals surface area contributed by atoms with Gasteiger partial charge in [-0.1, -0.05) is 22.6 Å². The van der Waals surface area contributed by atoms with Gasteiger partial charge in [0.25, 0.3) is 0 Å². The van der Waals surface area contributed by atoms with Crippen molar-refractivity contribution < 1.29 is 13.9 Å². The number of furan rings is 1. The summed E-state index contributed by atoms with van der Waals surface area (Å²) in [6, 6.07) is 3.39. The molecule has 86 valence electrons. The monoisotopic (exact) mass is 325 g/mol. The molecular weight excluding hydrogens is 309 g/mol. The summed E-state index contributed by atoms with van der Waals surface area (Å²) < 4.78 is 9.74. The van der Waals surface area contributed by atoms with E-state index in [-0.39, 0.29) is 5.76 Å². The molecule has 0 radical (unpaired) electrons. The molecule has 0 aromatic carbocycles. The van der Waals surface area contributed by atoms with Crippen LogP contribution in [0, 0.1) is 0 Å². The molecule has 0 spiro atoms. The first-order valence-electron chi connectivity index (χ1n) is 4.33. The lowest BCUT2D eigenvalue weighted by Gasteiger charge is -2.05. The van der Waals surface area contributed by atoms with E-state index in [1.165, 1.54) is 7.11 Å². The Morgan fingerprint density at radius 3 is 2.53 bits per heavy atom. The van der Waals surface area contributed by atoms with Gasteiger partial charge < -0.3 is 14.1 Å². The van der Waals surface area contributed by atoms with Gasteiger partial charge in [0, 0.05) is 0 Å². The van der Waals surface area contributed by atoms with Crippen LogP contribution in [0.15, 0.2) is 16.5 Å². The minimum atomic E-state index is -0.440. The molecule has 4 nitrogen and oxygen atoms in total. The van der Waals surface area contributed by atoms with E-state index in [9.17, 15) is 4.79 Å². The Morgan fingerprint density at radius 2 is 2.07 bits per heavy atom. The van der Waals surface area contributed by atoms with Crippen molar-refractivity contribution in [2.45, 2.75) is 6.54 Å². The highest BCUT2D eigenvalue weighted by Gasteiger charge is 2.10. The Balaban J connectivity index is 0.000000921. The van der Waals surface area contributed by atoms with Crippen molar-refractivity contribution in [2.75, 3.05) is 26.1 Å². The second kappa shape index (κ2) is 7.70. The van der Waals surface area contributed by atoms with Crippen LogP contribution in [0.5, 0.6) is 0 Å². The first kappa shape index (κ1) is 14.4. The molecule has 1 aromatic rings. The predicted octanol–water partition coefficient (Wildman–Crippen LogP) is 2.18. The Bertz CT molecular complexity index is 297. The fourth-order valence-corrected chi connectivity index (χ4v) is 0.985. The third kappa shape index (κ3) is 5.17. The normalized spacial score (nSPS) is 9.47. The van der Waals surface area contributed by atoms with Crippen LogP contribution in [-0.2, 0) is 11.3 Å². The summed E-state index contributed by atoms with van der Waals surface area (Å²) in [4.78, 5) is 14.9. The number of rotatable bonds is 3. The number of nitrogens with zero attached hydrogens (tertiary/aromatic N) is 1. The highest BCUT2D eigenvalue weighted by atomic mass is 127. The quantitative estimate of drug-likeness (QED) is 0.485. The number of esters is 1. The third-order valence-corrected chi connectivity index (χ3v) is 1.52. The summed E-state index contributed by atoms with van der Waals surface area (Å²) in [6.45, 7) is 0.678. The van der Waals surface area contributed by atoms with E-state index in [0.717, 1.165) is 5.76 Å². The van der Waals surface area contributed by atoms with Gasteiger partial charge in [-0.25, -0.2) is 4.79 Å². The number of ether oxygens (including phenoxy) is 1. The molecule has 1 aromatic heterocycles. The number of carbonyl (C=O) groups is 1. The highest BCUT2D eigenvalue weighted by Crippen LogP contribution is 2.09. The summed E-state index contributed by atoms with van der Waals surface area (Å²) in [5, 5.41) is 0. The van der Waals surface area contributed by atoms with Crippen LogP contribution in [0.25, 0.3) is 0 Å². The number of alkyl halides is 1. The van der Waals surface area contributed by atoms with Crippen LogP contribution in [0.2, 0.25) is 0 Å². The molecule has 0 aliphatic carbocycles. The molecule has 0 N–H and O–H groups in total. The molecule has 0 bridgehead atoms. The Labute approximate surface area is 104 Å². The van der Waals surface area contributed by atoms with Crippen molar-refractivity contribution >= 4 is 28.6 Å². The van der Waals surface area contributed by atoms with E-state index in [0.29, 0.717) is 6.54 Å². The second-order valence-electron chi connectivity index (χ2n) is 3.00. The van der Waals surface area contributed by atoms with E-state index in [4.69, 9.17) is 4.42 Å². The first-order valence-corrected chi connectivity index (χ1v) is 6.49. The lowest BCUT2D eigenvalue weighted by Crippen LogP contribution is -2.09. The fourth-order valence-electron chi connectivity index (χ4n) is 0.985. The van der Waals surface area contributed by atoms with Gasteiger partial charge in [0.2, 0.25) is 5.76 Å². The smallest absolute Gasteiger partial charge is 0.373 e. The van der Waals surface area contributed by atoms with E-state index >= 15 is 0 Å². The van der Waals surface area contributed by atoms with Gasteiger partial charge in [-0.2, -0.15) is 0 Å². The van der Waals surface area contributed by atoms with Crippen LogP contribution in [-0.4, -0.2) is 37.0 Å². The maximum absolute atomic E-state index is 11.0. The SMILES string of the molecule is CI.COC(=O)c1ccc(CN(C)C)o1. The molecule has 0 amide bonds. The van der Waals surface area contributed by atoms with Crippen LogP contribution < -0.4 is 0 Å². The van der Waals surface area contributed by atoms with Gasteiger partial charge in [-0.15, -0.1) is 0 Å². The summed E-state index contributed by atoms with van der Waals surface area (Å²) in [5.74, 6) is 0.565. The minimum Gasteiger partial charge on any atom is -0.463 e. The molecule has 0 unspecified atom stereocenters. The van der Waals surface area contributed by atoms with Crippen molar-refractivity contribution in [3.8, 4) is 0 Å². The fraction of sp³-hybridized carbons (Fsp3) is 0.500. The molecule has 1 rings (SSSR count). The molecule has 1 heterocycles. The highest BCUT2D eigenvalue weighted by molar-refractivity contribution is 14.1. The van der Waals surface area contributed by atoms with Crippen molar-refractivity contribution in [1.82, 2.24) is 4.90 Å². The zero-order chi connectivity index (χ0) is 11.8. The van der Waals surface area contributed by atoms with E-state index < -0.39 is 5.97 Å². The maximum atomic E-state index is 11.0. The van der Waals surface area contributed by atoms with Crippen molar-refractivity contribution in [1.29, 1.82) is 0 Å². The zero-order valence-corrected chi connectivity index (χ0v) is 11.6. The van der Waals surface area contributed by atoms with Gasteiger partial charge in [-0.3, -0.25) is 0 Å². The van der Waals surface area contributed by atoms with Gasteiger partial charge in [0.15, 0.2) is 0 Å². The number of halogens is 1. The number of carbonyl (C=O) groups excluding carboxylic acids is 1. The molecule has 15 heavy (non-hydrogen) atoms. The lowest BCUT2D eigenvalue weighted by atomic mass is 10.4. The molecular formula is C10H16INO3. The predicted molar refractivity (Wildman–Crippen MR) is 67.4 cm³/mol. The van der Waals surface area contributed by atoms with Crippen molar-refractivity contribution in [3.05, 3.63) is 23.7 Å². The van der Waals surface area contributed by atoms with E-state index in [2.05, 4.69) is 27.3 Å². The zero-order valence-electron chi connectivity index (χ0n) is 9.41. The van der Waals surface area contributed by atoms with Crippen molar-refractivity contribution in [2.24, 2.45) is 0 Å². The Kier molecular flexibility index (Phi) is 7.41. The molecule has 0 aliphatic rings. The lowest BCUT2D eigenvalue weighted by molar-refractivity contribution is 0.0562. The summed E-state index contributed by atoms with van der Waals surface area (Å²) >= 11 is 2.15. The Morgan fingerprint density at radius 1 is 1.47 bits per heavy atom. The van der Waals surface area contributed by atoms with Gasteiger partial charge in [0.05, 0.1) is 13.7 Å². The van der Waals surface area contributed by atoms with Gasteiger partial charge in [0.1, 0.15) is 5.76 Å². The average Bonchev–Trinajstić information content (AvgIpc) is 2.67. The second-order valence-corrected chi connectivity index (χ2v) is 3.00. The molecule has 0 saturated heterocycles. The first-order chi connectivity index (χ1) is 7.13. The average molecular weight is 325 g/mol. The van der Waals surface area contributed by atoms with E-state index in [1.54, 1.807) is 12.1 Å². The topological polar surface area (TPSA) is 42.7 Å². The Hall–Kier alpha value is -0.560. The van der Waals surface area contributed by atoms with E-state index in [1.807, 2.05) is 23.9 Å². The molecule has 5 heteroatoms. The number of hydrogen-bond acceptors (Lipinski definition) is 4. The third-order valence-electron chi connectivity index (χ3n) is 1.52. The van der Waals surface area contributed by atoms with Crippen LogP contribution >= 0.6 is 22.6 Å². The minimum absolute atomic E-state index is 0.249. The van der Waals surface area contributed by atoms with Gasteiger partial charge in [-0.05, 0) is 31.2 Å². The maximum Gasteiger partial charge on any atom is 0.373 e. The summed E-state index contributed by atoms with van der Waals surface area (Å²) in [7, 11) is 5.19.